The van der Waals surface area contributed by atoms with Crippen molar-refractivity contribution in [3.8, 4) is 10.6 Å². The maximum absolute atomic E-state index is 11.1. The number of alkyl halides is 1. The van der Waals surface area contributed by atoms with Crippen molar-refractivity contribution in [3.63, 3.8) is 0 Å². The summed E-state index contributed by atoms with van der Waals surface area (Å²) in [6.07, 6.45) is 0. The van der Waals surface area contributed by atoms with E-state index in [9.17, 15) is 4.79 Å². The average Bonchev–Trinajstić information content (AvgIpc) is 2.78. The summed E-state index contributed by atoms with van der Waals surface area (Å²) in [7, 11) is 0. The molecule has 0 bridgehead atoms. The van der Waals surface area contributed by atoms with E-state index in [2.05, 4.69) is 15.5 Å². The van der Waals surface area contributed by atoms with Gasteiger partial charge in [-0.2, -0.15) is 0 Å². The Morgan fingerprint density at radius 3 is 2.82 bits per heavy atom. The molecule has 1 amide bonds. The standard InChI is InChI=1S/C10H7Cl2N3OS/c11-5-8(16)13-10-15-14-9(17-10)6-3-1-2-4-7(6)12/h1-4H,5H2,(H,13,15,16). The summed E-state index contributed by atoms with van der Waals surface area (Å²) in [6.45, 7) is 0. The SMILES string of the molecule is O=C(CCl)Nc1nnc(-c2ccccc2Cl)s1. The first-order valence-electron chi connectivity index (χ1n) is 4.65. The summed E-state index contributed by atoms with van der Waals surface area (Å²) in [6, 6.07) is 7.31. The molecule has 4 nitrogen and oxygen atoms in total. The average molecular weight is 288 g/mol. The molecule has 0 atom stereocenters. The van der Waals surface area contributed by atoms with Crippen molar-refractivity contribution in [2.75, 3.05) is 11.2 Å². The topological polar surface area (TPSA) is 54.9 Å². The highest BCUT2D eigenvalue weighted by atomic mass is 35.5. The van der Waals surface area contributed by atoms with Crippen LogP contribution >= 0.6 is 34.5 Å². The van der Waals surface area contributed by atoms with Gasteiger partial charge in [0.25, 0.3) is 0 Å². The third-order valence-electron chi connectivity index (χ3n) is 1.90. The Kier molecular flexibility index (Phi) is 3.93. The summed E-state index contributed by atoms with van der Waals surface area (Å²) in [5, 5.41) is 12.0. The van der Waals surface area contributed by atoms with Crippen molar-refractivity contribution in [1.82, 2.24) is 10.2 Å². The Morgan fingerprint density at radius 2 is 2.12 bits per heavy atom. The first-order valence-corrected chi connectivity index (χ1v) is 6.38. The van der Waals surface area contributed by atoms with Gasteiger partial charge in [0.2, 0.25) is 11.0 Å². The molecule has 17 heavy (non-hydrogen) atoms. The first kappa shape index (κ1) is 12.3. The number of nitrogens with zero attached hydrogens (tertiary/aromatic N) is 2. The quantitative estimate of drug-likeness (QED) is 0.883. The highest BCUT2D eigenvalue weighted by Gasteiger charge is 2.10. The normalized spacial score (nSPS) is 10.2. The van der Waals surface area contributed by atoms with Gasteiger partial charge in [-0.05, 0) is 6.07 Å². The van der Waals surface area contributed by atoms with Gasteiger partial charge in [-0.3, -0.25) is 10.1 Å². The Balaban J connectivity index is 2.24. The van der Waals surface area contributed by atoms with E-state index < -0.39 is 0 Å². The fourth-order valence-corrected chi connectivity index (χ4v) is 2.32. The fourth-order valence-electron chi connectivity index (χ4n) is 1.17. The Labute approximate surface area is 112 Å². The van der Waals surface area contributed by atoms with E-state index in [0.29, 0.717) is 15.2 Å². The zero-order valence-electron chi connectivity index (χ0n) is 8.48. The predicted molar refractivity (Wildman–Crippen MR) is 69.7 cm³/mol. The summed E-state index contributed by atoms with van der Waals surface area (Å²) in [5.41, 5.74) is 0.790. The molecule has 1 N–H and O–H groups in total. The third-order valence-corrected chi connectivity index (χ3v) is 3.34. The van der Waals surface area contributed by atoms with Crippen LogP contribution in [0.2, 0.25) is 5.02 Å². The van der Waals surface area contributed by atoms with Gasteiger partial charge < -0.3 is 0 Å². The molecule has 0 spiro atoms. The Bertz CT molecular complexity index is 544. The second kappa shape index (κ2) is 5.44. The van der Waals surface area contributed by atoms with Gasteiger partial charge in [0.1, 0.15) is 5.88 Å². The molecule has 0 saturated heterocycles. The molecule has 0 aliphatic heterocycles. The van der Waals surface area contributed by atoms with Crippen LogP contribution in [0.25, 0.3) is 10.6 Å². The summed E-state index contributed by atoms with van der Waals surface area (Å²) in [4.78, 5) is 11.1. The second-order valence-corrected chi connectivity index (χ2v) is 4.73. The van der Waals surface area contributed by atoms with Gasteiger partial charge in [-0.15, -0.1) is 21.8 Å². The molecular formula is C10H7Cl2N3OS. The van der Waals surface area contributed by atoms with Crippen LogP contribution in [0.5, 0.6) is 0 Å². The number of anilines is 1. The van der Waals surface area contributed by atoms with Crippen molar-refractivity contribution >= 4 is 45.6 Å². The molecule has 0 unspecified atom stereocenters. The van der Waals surface area contributed by atoms with Crippen molar-refractivity contribution in [3.05, 3.63) is 29.3 Å². The van der Waals surface area contributed by atoms with Crippen molar-refractivity contribution in [2.24, 2.45) is 0 Å². The van der Waals surface area contributed by atoms with Crippen LogP contribution in [0.4, 0.5) is 5.13 Å². The lowest BCUT2D eigenvalue weighted by Crippen LogP contribution is -2.12. The monoisotopic (exact) mass is 287 g/mol. The Hall–Kier alpha value is -1.17. The number of benzene rings is 1. The summed E-state index contributed by atoms with van der Waals surface area (Å²) in [5.74, 6) is -0.422. The molecule has 0 aliphatic carbocycles. The molecule has 0 saturated carbocycles. The van der Waals surface area contributed by atoms with E-state index in [1.165, 1.54) is 11.3 Å². The second-order valence-electron chi connectivity index (χ2n) is 3.07. The van der Waals surface area contributed by atoms with Crippen molar-refractivity contribution in [2.45, 2.75) is 0 Å². The van der Waals surface area contributed by atoms with E-state index >= 15 is 0 Å². The molecule has 0 radical (unpaired) electrons. The third kappa shape index (κ3) is 2.94. The number of aromatic nitrogens is 2. The number of rotatable bonds is 3. The predicted octanol–water partition coefficient (Wildman–Crippen LogP) is 3.04. The van der Waals surface area contributed by atoms with Crippen LogP contribution in [0.3, 0.4) is 0 Å². The van der Waals surface area contributed by atoms with Gasteiger partial charge in [0.15, 0.2) is 5.01 Å². The maximum Gasteiger partial charge on any atom is 0.241 e. The molecule has 2 aromatic rings. The maximum atomic E-state index is 11.1. The molecule has 88 valence electrons. The van der Waals surface area contributed by atoms with Gasteiger partial charge in [0.05, 0.1) is 5.02 Å². The van der Waals surface area contributed by atoms with Gasteiger partial charge in [-0.25, -0.2) is 0 Å². The Morgan fingerprint density at radius 1 is 1.35 bits per heavy atom. The fraction of sp³-hybridized carbons (Fsp3) is 0.100. The van der Waals surface area contributed by atoms with Crippen molar-refractivity contribution in [1.29, 1.82) is 0 Å². The molecule has 2 rings (SSSR count). The molecule has 0 fully saturated rings. The van der Waals surface area contributed by atoms with Crippen molar-refractivity contribution < 1.29 is 4.79 Å². The number of halogens is 2. The van der Waals surface area contributed by atoms with Gasteiger partial charge >= 0.3 is 0 Å². The van der Waals surface area contributed by atoms with Crippen LogP contribution in [0.15, 0.2) is 24.3 Å². The van der Waals surface area contributed by atoms with Crippen LogP contribution in [-0.4, -0.2) is 22.0 Å². The molecule has 1 aromatic heterocycles. The van der Waals surface area contributed by atoms with Crippen LogP contribution < -0.4 is 5.32 Å². The van der Waals surface area contributed by atoms with Crippen LogP contribution in [0.1, 0.15) is 0 Å². The van der Waals surface area contributed by atoms with E-state index in [1.54, 1.807) is 6.07 Å². The van der Waals surface area contributed by atoms with E-state index in [4.69, 9.17) is 23.2 Å². The highest BCUT2D eigenvalue weighted by molar-refractivity contribution is 7.18. The summed E-state index contributed by atoms with van der Waals surface area (Å²) < 4.78 is 0. The smallest absolute Gasteiger partial charge is 0.241 e. The van der Waals surface area contributed by atoms with E-state index in [1.807, 2.05) is 18.2 Å². The van der Waals surface area contributed by atoms with E-state index in [0.717, 1.165) is 5.56 Å². The first-order chi connectivity index (χ1) is 8.20. The molecular weight excluding hydrogens is 281 g/mol. The van der Waals surface area contributed by atoms with Gasteiger partial charge in [-0.1, -0.05) is 41.1 Å². The lowest BCUT2D eigenvalue weighted by molar-refractivity contribution is -0.113. The zero-order valence-corrected chi connectivity index (χ0v) is 10.8. The zero-order chi connectivity index (χ0) is 12.3. The number of carbonyl (C=O) groups excluding carboxylic acids is 1. The minimum atomic E-state index is -0.312. The lowest BCUT2D eigenvalue weighted by Gasteiger charge is -1.97. The van der Waals surface area contributed by atoms with Crippen LogP contribution in [-0.2, 0) is 4.79 Å². The number of carbonyl (C=O) groups is 1. The summed E-state index contributed by atoms with van der Waals surface area (Å²) >= 11 is 12.7. The number of hydrogen-bond donors (Lipinski definition) is 1. The highest BCUT2D eigenvalue weighted by Crippen LogP contribution is 2.31. The number of hydrogen-bond acceptors (Lipinski definition) is 4. The molecule has 7 heteroatoms. The minimum absolute atomic E-state index is 0.110. The number of nitrogens with one attached hydrogen (secondary N) is 1. The molecule has 1 aromatic carbocycles. The number of amides is 1. The van der Waals surface area contributed by atoms with Crippen LogP contribution in [0, 0.1) is 0 Å². The largest absolute Gasteiger partial charge is 0.299 e. The molecule has 0 aliphatic rings. The van der Waals surface area contributed by atoms with E-state index in [-0.39, 0.29) is 11.8 Å². The van der Waals surface area contributed by atoms with Gasteiger partial charge in [0, 0.05) is 5.56 Å². The molecule has 1 heterocycles. The minimum Gasteiger partial charge on any atom is -0.299 e. The lowest BCUT2D eigenvalue weighted by atomic mass is 10.2.